The number of thiazole rings is 1. The molecule has 3 rings (SSSR count). The van der Waals surface area contributed by atoms with Crippen LogP contribution >= 0.6 is 22.9 Å². The van der Waals surface area contributed by atoms with E-state index in [4.69, 9.17) is 16.9 Å². The number of anilines is 1. The van der Waals surface area contributed by atoms with Gasteiger partial charge in [-0.05, 0) is 63.5 Å². The summed E-state index contributed by atoms with van der Waals surface area (Å²) in [6.07, 6.45) is 0.818. The first-order valence-electron chi connectivity index (χ1n) is 8.51. The van der Waals surface area contributed by atoms with Gasteiger partial charge in [-0.2, -0.15) is 5.26 Å². The quantitative estimate of drug-likeness (QED) is 0.616. The minimum Gasteiger partial charge on any atom is -0.309 e. The lowest BCUT2D eigenvalue weighted by molar-refractivity contribution is 0.0986. The summed E-state index contributed by atoms with van der Waals surface area (Å²) in [5, 5.41) is 10.2. The molecule has 1 aromatic heterocycles. The zero-order valence-electron chi connectivity index (χ0n) is 15.1. The van der Waals surface area contributed by atoms with Gasteiger partial charge in [0.25, 0.3) is 5.91 Å². The smallest absolute Gasteiger partial charge is 0.260 e. The normalized spacial score (nSPS) is 10.9. The van der Waals surface area contributed by atoms with Gasteiger partial charge < -0.3 is 4.90 Å². The molecule has 0 unspecified atom stereocenters. The molecule has 3 aromatic rings. The lowest BCUT2D eigenvalue weighted by atomic mass is 10.1. The summed E-state index contributed by atoms with van der Waals surface area (Å²) in [6.45, 7) is 1.41. The van der Waals surface area contributed by atoms with Gasteiger partial charge in [0.15, 0.2) is 5.13 Å². The molecule has 0 radical (unpaired) electrons. The Labute approximate surface area is 167 Å². The first-order chi connectivity index (χ1) is 13.0. The van der Waals surface area contributed by atoms with Gasteiger partial charge in [-0.1, -0.05) is 29.0 Å². The molecule has 0 aliphatic carbocycles. The van der Waals surface area contributed by atoms with Crippen LogP contribution in [0.15, 0.2) is 42.5 Å². The lowest BCUT2D eigenvalue weighted by Gasteiger charge is -2.21. The number of nitrogens with zero attached hydrogens (tertiary/aromatic N) is 4. The molecule has 0 saturated heterocycles. The van der Waals surface area contributed by atoms with E-state index in [1.807, 2.05) is 26.2 Å². The van der Waals surface area contributed by atoms with E-state index in [-0.39, 0.29) is 5.91 Å². The fourth-order valence-corrected chi connectivity index (χ4v) is 3.98. The van der Waals surface area contributed by atoms with E-state index < -0.39 is 0 Å². The molecule has 0 N–H and O–H groups in total. The zero-order chi connectivity index (χ0) is 19.4. The Balaban J connectivity index is 1.94. The number of amides is 1. The zero-order valence-corrected chi connectivity index (χ0v) is 16.7. The van der Waals surface area contributed by atoms with E-state index in [2.05, 4.69) is 16.0 Å². The molecule has 2 aromatic carbocycles. The Morgan fingerprint density at radius 3 is 2.56 bits per heavy atom. The number of para-hydroxylation sites is 1. The number of benzene rings is 2. The first kappa shape index (κ1) is 19.3. The highest BCUT2D eigenvalue weighted by Crippen LogP contribution is 2.33. The molecule has 0 aliphatic heterocycles. The standard InChI is InChI=1S/C20H19ClN4OS/c1-24(2)11-4-12-25(19(26)15-9-7-14(13-22)8-10-15)20-23-18-16(21)5-3-6-17(18)27-20/h3,5-10H,4,11-12H2,1-2H3. The van der Waals surface area contributed by atoms with Crippen molar-refractivity contribution in [3.05, 3.63) is 58.6 Å². The highest BCUT2D eigenvalue weighted by Gasteiger charge is 2.21. The summed E-state index contributed by atoms with van der Waals surface area (Å²) in [4.78, 5) is 21.5. The molecule has 138 valence electrons. The fraction of sp³-hybridized carbons (Fsp3) is 0.250. The van der Waals surface area contributed by atoms with Crippen LogP contribution in [0.4, 0.5) is 5.13 Å². The van der Waals surface area contributed by atoms with Gasteiger partial charge in [0, 0.05) is 12.1 Å². The summed E-state index contributed by atoms with van der Waals surface area (Å²) in [5.41, 5.74) is 1.77. The van der Waals surface area contributed by atoms with Gasteiger partial charge in [-0.3, -0.25) is 9.69 Å². The molecule has 0 aliphatic rings. The molecule has 0 fully saturated rings. The van der Waals surface area contributed by atoms with Crippen LogP contribution in [-0.4, -0.2) is 43.0 Å². The van der Waals surface area contributed by atoms with Gasteiger partial charge >= 0.3 is 0 Å². The SMILES string of the molecule is CN(C)CCCN(C(=O)c1ccc(C#N)cc1)c1nc2c(Cl)cccc2s1. The fourth-order valence-electron chi connectivity index (χ4n) is 2.69. The molecular formula is C20H19ClN4OS. The average Bonchev–Trinajstić information content (AvgIpc) is 3.10. The third-order valence-corrected chi connectivity index (χ3v) is 5.43. The Hall–Kier alpha value is -2.46. The number of aromatic nitrogens is 1. The van der Waals surface area contributed by atoms with E-state index in [9.17, 15) is 4.79 Å². The second kappa shape index (κ2) is 8.49. The molecule has 1 amide bonds. The predicted octanol–water partition coefficient (Wildman–Crippen LogP) is 4.42. The Kier molecular flexibility index (Phi) is 6.07. The number of carbonyl (C=O) groups is 1. The third-order valence-electron chi connectivity index (χ3n) is 4.08. The van der Waals surface area contributed by atoms with Crippen molar-refractivity contribution < 1.29 is 4.79 Å². The highest BCUT2D eigenvalue weighted by atomic mass is 35.5. The van der Waals surface area contributed by atoms with Crippen LogP contribution in [0.5, 0.6) is 0 Å². The number of rotatable bonds is 6. The second-order valence-corrected chi connectivity index (χ2v) is 7.80. The van der Waals surface area contributed by atoms with Crippen LogP contribution in [0.3, 0.4) is 0 Å². The van der Waals surface area contributed by atoms with Crippen molar-refractivity contribution in [2.45, 2.75) is 6.42 Å². The average molecular weight is 399 g/mol. The largest absolute Gasteiger partial charge is 0.309 e. The molecule has 1 heterocycles. The minimum atomic E-state index is -0.131. The van der Waals surface area contributed by atoms with Crippen LogP contribution in [0.25, 0.3) is 10.2 Å². The van der Waals surface area contributed by atoms with Crippen LogP contribution < -0.4 is 4.90 Å². The summed E-state index contributed by atoms with van der Waals surface area (Å²) in [6, 6.07) is 14.4. The topological polar surface area (TPSA) is 60.2 Å². The molecule has 7 heteroatoms. The Bertz CT molecular complexity index is 991. The van der Waals surface area contributed by atoms with E-state index >= 15 is 0 Å². The third kappa shape index (κ3) is 4.45. The number of nitriles is 1. The maximum atomic E-state index is 13.1. The maximum absolute atomic E-state index is 13.1. The van der Waals surface area contributed by atoms with Crippen LogP contribution in [0.2, 0.25) is 5.02 Å². The molecular weight excluding hydrogens is 380 g/mol. The lowest BCUT2D eigenvalue weighted by Crippen LogP contribution is -2.33. The van der Waals surface area contributed by atoms with E-state index in [1.165, 1.54) is 11.3 Å². The monoisotopic (exact) mass is 398 g/mol. The molecule has 0 spiro atoms. The van der Waals surface area contributed by atoms with Gasteiger partial charge in [0.1, 0.15) is 5.52 Å². The van der Waals surface area contributed by atoms with Gasteiger partial charge in [-0.25, -0.2) is 4.98 Å². The van der Waals surface area contributed by atoms with Crippen LogP contribution in [0.1, 0.15) is 22.3 Å². The minimum absolute atomic E-state index is 0.131. The molecule has 5 nitrogen and oxygen atoms in total. The summed E-state index contributed by atoms with van der Waals surface area (Å²) in [5.74, 6) is -0.131. The summed E-state index contributed by atoms with van der Waals surface area (Å²) in [7, 11) is 4.01. The number of hydrogen-bond acceptors (Lipinski definition) is 5. The Morgan fingerprint density at radius 2 is 1.93 bits per heavy atom. The maximum Gasteiger partial charge on any atom is 0.260 e. The summed E-state index contributed by atoms with van der Waals surface area (Å²) >= 11 is 7.71. The van der Waals surface area contributed by atoms with Crippen molar-refractivity contribution in [2.24, 2.45) is 0 Å². The predicted molar refractivity (Wildman–Crippen MR) is 111 cm³/mol. The van der Waals surface area contributed by atoms with Crippen LogP contribution in [0, 0.1) is 11.3 Å². The molecule has 0 bridgehead atoms. The number of fused-ring (bicyclic) bond motifs is 1. The van der Waals surface area contributed by atoms with E-state index in [1.54, 1.807) is 35.2 Å². The van der Waals surface area contributed by atoms with Gasteiger partial charge in [-0.15, -0.1) is 0 Å². The second-order valence-electron chi connectivity index (χ2n) is 6.39. The van der Waals surface area contributed by atoms with Crippen molar-refractivity contribution in [2.75, 3.05) is 32.1 Å². The van der Waals surface area contributed by atoms with E-state index in [0.29, 0.717) is 33.3 Å². The summed E-state index contributed by atoms with van der Waals surface area (Å²) < 4.78 is 0.947. The van der Waals surface area contributed by atoms with Crippen molar-refractivity contribution in [3.63, 3.8) is 0 Å². The first-order valence-corrected chi connectivity index (χ1v) is 9.71. The molecule has 0 atom stereocenters. The van der Waals surface area contributed by atoms with Crippen molar-refractivity contribution in [3.8, 4) is 6.07 Å². The van der Waals surface area contributed by atoms with E-state index in [0.717, 1.165) is 17.7 Å². The Morgan fingerprint density at radius 1 is 1.19 bits per heavy atom. The highest BCUT2D eigenvalue weighted by molar-refractivity contribution is 7.22. The van der Waals surface area contributed by atoms with Crippen molar-refractivity contribution in [1.29, 1.82) is 5.26 Å². The van der Waals surface area contributed by atoms with Gasteiger partial charge in [0.05, 0.1) is 21.4 Å². The van der Waals surface area contributed by atoms with Crippen molar-refractivity contribution >= 4 is 44.2 Å². The number of halogens is 1. The van der Waals surface area contributed by atoms with Crippen molar-refractivity contribution in [1.82, 2.24) is 9.88 Å². The molecule has 0 saturated carbocycles. The number of hydrogen-bond donors (Lipinski definition) is 0. The van der Waals surface area contributed by atoms with Gasteiger partial charge in [0.2, 0.25) is 0 Å². The molecule has 27 heavy (non-hydrogen) atoms. The van der Waals surface area contributed by atoms with Crippen LogP contribution in [-0.2, 0) is 0 Å². The number of carbonyl (C=O) groups excluding carboxylic acids is 1.